The van der Waals surface area contributed by atoms with E-state index in [0.29, 0.717) is 28.9 Å². The fourth-order valence-corrected chi connectivity index (χ4v) is 1.78. The molecule has 1 aromatic carbocycles. The van der Waals surface area contributed by atoms with E-state index in [1.54, 1.807) is 18.2 Å². The quantitative estimate of drug-likeness (QED) is 0.704. The molecule has 1 atom stereocenters. The van der Waals surface area contributed by atoms with Crippen LogP contribution in [0.25, 0.3) is 0 Å². The van der Waals surface area contributed by atoms with Crippen LogP contribution in [0.2, 0.25) is 5.02 Å². The standard InChI is InChI=1S/C13H17ClO2/c1-3-5-10(2)9-16-13-7-4-6-12(14)11(13)8-15/h4,6-8,10H,3,5,9H2,1-2H3. The van der Waals surface area contributed by atoms with Gasteiger partial charge in [0.05, 0.1) is 17.2 Å². The van der Waals surface area contributed by atoms with Crippen molar-refractivity contribution in [1.29, 1.82) is 0 Å². The van der Waals surface area contributed by atoms with Crippen LogP contribution in [-0.4, -0.2) is 12.9 Å². The molecule has 0 N–H and O–H groups in total. The minimum atomic E-state index is 0.438. The van der Waals surface area contributed by atoms with Gasteiger partial charge in [-0.3, -0.25) is 4.79 Å². The number of rotatable bonds is 6. The topological polar surface area (TPSA) is 26.3 Å². The fourth-order valence-electron chi connectivity index (χ4n) is 1.57. The largest absolute Gasteiger partial charge is 0.493 e. The van der Waals surface area contributed by atoms with Crippen LogP contribution >= 0.6 is 11.6 Å². The molecule has 88 valence electrons. The van der Waals surface area contributed by atoms with Crippen molar-refractivity contribution in [2.75, 3.05) is 6.61 Å². The van der Waals surface area contributed by atoms with E-state index in [2.05, 4.69) is 13.8 Å². The van der Waals surface area contributed by atoms with Crippen molar-refractivity contribution >= 4 is 17.9 Å². The van der Waals surface area contributed by atoms with E-state index in [1.807, 2.05) is 0 Å². The smallest absolute Gasteiger partial charge is 0.155 e. The lowest BCUT2D eigenvalue weighted by atomic mass is 10.1. The monoisotopic (exact) mass is 240 g/mol. The number of halogens is 1. The molecule has 2 nitrogen and oxygen atoms in total. The van der Waals surface area contributed by atoms with E-state index in [1.165, 1.54) is 0 Å². The Balaban J connectivity index is 2.66. The molecule has 0 aliphatic carbocycles. The van der Waals surface area contributed by atoms with Gasteiger partial charge in [-0.2, -0.15) is 0 Å². The number of benzene rings is 1. The van der Waals surface area contributed by atoms with Gasteiger partial charge in [0.25, 0.3) is 0 Å². The summed E-state index contributed by atoms with van der Waals surface area (Å²) in [5.74, 6) is 1.06. The summed E-state index contributed by atoms with van der Waals surface area (Å²) in [6.07, 6.45) is 3.00. The Kier molecular flexibility index (Phi) is 5.33. The van der Waals surface area contributed by atoms with Crippen molar-refractivity contribution in [3.05, 3.63) is 28.8 Å². The molecule has 0 amide bonds. The molecule has 0 spiro atoms. The zero-order valence-corrected chi connectivity index (χ0v) is 10.5. The van der Waals surface area contributed by atoms with Crippen molar-refractivity contribution in [1.82, 2.24) is 0 Å². The maximum atomic E-state index is 10.9. The number of carbonyl (C=O) groups is 1. The van der Waals surface area contributed by atoms with E-state index < -0.39 is 0 Å². The number of aldehydes is 1. The van der Waals surface area contributed by atoms with Crippen molar-refractivity contribution in [3.8, 4) is 5.75 Å². The van der Waals surface area contributed by atoms with E-state index in [9.17, 15) is 4.79 Å². The summed E-state index contributed by atoms with van der Waals surface area (Å²) in [5, 5.41) is 0.440. The third kappa shape index (κ3) is 3.53. The fraction of sp³-hybridized carbons (Fsp3) is 0.462. The van der Waals surface area contributed by atoms with Crippen molar-refractivity contribution in [2.24, 2.45) is 5.92 Å². The van der Waals surface area contributed by atoms with Crippen LogP contribution in [0.3, 0.4) is 0 Å². The van der Waals surface area contributed by atoms with Crippen LogP contribution < -0.4 is 4.74 Å². The molecule has 0 radical (unpaired) electrons. The van der Waals surface area contributed by atoms with Crippen LogP contribution in [0, 0.1) is 5.92 Å². The van der Waals surface area contributed by atoms with Crippen molar-refractivity contribution in [3.63, 3.8) is 0 Å². The van der Waals surface area contributed by atoms with Gasteiger partial charge in [0.1, 0.15) is 5.75 Å². The summed E-state index contributed by atoms with van der Waals surface area (Å²) in [6.45, 7) is 4.90. The highest BCUT2D eigenvalue weighted by molar-refractivity contribution is 6.33. The van der Waals surface area contributed by atoms with Crippen molar-refractivity contribution in [2.45, 2.75) is 26.7 Å². The van der Waals surface area contributed by atoms with E-state index in [0.717, 1.165) is 19.1 Å². The molecule has 16 heavy (non-hydrogen) atoms. The van der Waals surface area contributed by atoms with Crippen LogP contribution in [-0.2, 0) is 0 Å². The van der Waals surface area contributed by atoms with E-state index in [4.69, 9.17) is 16.3 Å². The van der Waals surface area contributed by atoms with Gasteiger partial charge >= 0.3 is 0 Å². The van der Waals surface area contributed by atoms with Gasteiger partial charge in [-0.25, -0.2) is 0 Å². The minimum absolute atomic E-state index is 0.438. The van der Waals surface area contributed by atoms with Gasteiger partial charge in [0.15, 0.2) is 6.29 Å². The minimum Gasteiger partial charge on any atom is -0.493 e. The molecule has 0 saturated heterocycles. The van der Waals surface area contributed by atoms with Gasteiger partial charge in [0.2, 0.25) is 0 Å². The molecule has 0 fully saturated rings. The number of ether oxygens (including phenoxy) is 1. The second kappa shape index (κ2) is 6.54. The lowest BCUT2D eigenvalue weighted by molar-refractivity contribution is 0.111. The SMILES string of the molecule is CCCC(C)COc1cccc(Cl)c1C=O. The maximum absolute atomic E-state index is 10.9. The Hall–Kier alpha value is -1.02. The molecule has 0 aromatic heterocycles. The molecule has 3 heteroatoms. The summed E-state index contributed by atoms with van der Waals surface area (Å²) in [5.41, 5.74) is 0.438. The van der Waals surface area contributed by atoms with Gasteiger partial charge in [-0.15, -0.1) is 0 Å². The second-order valence-corrected chi connectivity index (χ2v) is 4.38. The average Bonchev–Trinajstić information content (AvgIpc) is 2.27. The molecular weight excluding hydrogens is 224 g/mol. The van der Waals surface area contributed by atoms with Crippen LogP contribution in [0.1, 0.15) is 37.0 Å². The first-order chi connectivity index (χ1) is 7.69. The van der Waals surface area contributed by atoms with Crippen LogP contribution in [0.5, 0.6) is 5.75 Å². The second-order valence-electron chi connectivity index (χ2n) is 3.97. The molecule has 1 aromatic rings. The van der Waals surface area contributed by atoms with E-state index in [-0.39, 0.29) is 0 Å². The summed E-state index contributed by atoms with van der Waals surface area (Å²) >= 11 is 5.89. The highest BCUT2D eigenvalue weighted by Crippen LogP contribution is 2.25. The molecular formula is C13H17ClO2. The molecule has 1 rings (SSSR count). The Morgan fingerprint density at radius 3 is 2.88 bits per heavy atom. The molecule has 0 saturated carbocycles. The van der Waals surface area contributed by atoms with Gasteiger partial charge in [-0.1, -0.05) is 37.9 Å². The normalized spacial score (nSPS) is 12.2. The number of hydrogen-bond acceptors (Lipinski definition) is 2. The number of carbonyl (C=O) groups excluding carboxylic acids is 1. The van der Waals surface area contributed by atoms with E-state index >= 15 is 0 Å². The molecule has 0 aliphatic heterocycles. The van der Waals surface area contributed by atoms with Gasteiger partial charge < -0.3 is 4.74 Å². The Morgan fingerprint density at radius 2 is 2.25 bits per heavy atom. The molecule has 0 bridgehead atoms. The predicted molar refractivity (Wildman–Crippen MR) is 66.4 cm³/mol. The summed E-state index contributed by atoms with van der Waals surface area (Å²) < 4.78 is 5.61. The molecule has 1 unspecified atom stereocenters. The van der Waals surface area contributed by atoms with Crippen molar-refractivity contribution < 1.29 is 9.53 Å². The third-order valence-electron chi connectivity index (χ3n) is 2.44. The summed E-state index contributed by atoms with van der Waals surface area (Å²) in [4.78, 5) is 10.9. The van der Waals surface area contributed by atoms with Gasteiger partial charge in [0, 0.05) is 0 Å². The number of hydrogen-bond donors (Lipinski definition) is 0. The first kappa shape index (κ1) is 13.0. The summed E-state index contributed by atoms with van der Waals surface area (Å²) in [6, 6.07) is 5.25. The lowest BCUT2D eigenvalue weighted by Gasteiger charge is -2.13. The maximum Gasteiger partial charge on any atom is 0.155 e. The lowest BCUT2D eigenvalue weighted by Crippen LogP contribution is -2.09. The Bertz CT molecular complexity index is 350. The average molecular weight is 241 g/mol. The predicted octanol–water partition coefficient (Wildman–Crippen LogP) is 3.97. The van der Waals surface area contributed by atoms with Crippen LogP contribution in [0.15, 0.2) is 18.2 Å². The Morgan fingerprint density at radius 1 is 1.50 bits per heavy atom. The highest BCUT2D eigenvalue weighted by Gasteiger charge is 2.08. The Labute approximate surface area is 102 Å². The first-order valence-corrected chi connectivity index (χ1v) is 5.93. The summed E-state index contributed by atoms with van der Waals surface area (Å²) in [7, 11) is 0. The zero-order valence-electron chi connectivity index (χ0n) is 9.70. The molecule has 0 aliphatic rings. The third-order valence-corrected chi connectivity index (χ3v) is 2.77. The first-order valence-electron chi connectivity index (χ1n) is 5.55. The zero-order chi connectivity index (χ0) is 12.0. The van der Waals surface area contributed by atoms with Crippen LogP contribution in [0.4, 0.5) is 0 Å². The highest BCUT2D eigenvalue weighted by atomic mass is 35.5. The van der Waals surface area contributed by atoms with Gasteiger partial charge in [-0.05, 0) is 24.5 Å². The molecule has 0 heterocycles.